The molecular weight excluding hydrogens is 264 g/mol. The maximum atomic E-state index is 12.0. The summed E-state index contributed by atoms with van der Waals surface area (Å²) in [5.41, 5.74) is 0.944. The second-order valence-corrected chi connectivity index (χ2v) is 6.87. The van der Waals surface area contributed by atoms with Crippen molar-refractivity contribution < 1.29 is 13.5 Å². The number of rotatable bonds is 4. The maximum absolute atomic E-state index is 12.0. The third kappa shape index (κ3) is 3.46. The topological polar surface area (TPSA) is 69.6 Å². The van der Waals surface area contributed by atoms with Crippen molar-refractivity contribution in [2.75, 3.05) is 18.0 Å². The lowest BCUT2D eigenvalue weighted by molar-refractivity contribution is 0.198. The van der Waals surface area contributed by atoms with Gasteiger partial charge in [0.25, 0.3) is 0 Å². The van der Waals surface area contributed by atoms with Gasteiger partial charge in [-0.05, 0) is 44.5 Å². The molecule has 1 saturated heterocycles. The van der Waals surface area contributed by atoms with Crippen molar-refractivity contribution in [3.63, 3.8) is 0 Å². The molecule has 1 aromatic carbocycles. The van der Waals surface area contributed by atoms with Crippen molar-refractivity contribution in [1.82, 2.24) is 4.72 Å². The molecule has 1 aliphatic rings. The fourth-order valence-corrected chi connectivity index (χ4v) is 3.44. The number of sulfonamides is 1. The summed E-state index contributed by atoms with van der Waals surface area (Å²) in [5.74, 6) is 0. The Morgan fingerprint density at radius 1 is 1.32 bits per heavy atom. The van der Waals surface area contributed by atoms with Crippen LogP contribution >= 0.6 is 0 Å². The molecule has 5 nitrogen and oxygen atoms in total. The lowest BCUT2D eigenvalue weighted by atomic mass is 10.3. The third-order valence-corrected chi connectivity index (χ3v) is 4.74. The summed E-state index contributed by atoms with van der Waals surface area (Å²) in [4.78, 5) is 2.32. The highest BCUT2D eigenvalue weighted by atomic mass is 32.2. The molecule has 0 spiro atoms. The summed E-state index contributed by atoms with van der Waals surface area (Å²) >= 11 is 0. The van der Waals surface area contributed by atoms with Crippen molar-refractivity contribution in [2.24, 2.45) is 0 Å². The molecular formula is C13H20N2O3S. The molecule has 0 saturated carbocycles. The summed E-state index contributed by atoms with van der Waals surface area (Å²) < 4.78 is 26.5. The summed E-state index contributed by atoms with van der Waals surface area (Å²) in [6, 6.07) is 6.65. The van der Waals surface area contributed by atoms with E-state index in [0.717, 1.165) is 18.7 Å². The first-order valence-electron chi connectivity index (χ1n) is 6.44. The summed E-state index contributed by atoms with van der Waals surface area (Å²) in [6.45, 7) is 4.99. The molecule has 6 heteroatoms. The second-order valence-electron chi connectivity index (χ2n) is 5.16. The van der Waals surface area contributed by atoms with E-state index in [1.54, 1.807) is 38.1 Å². The highest BCUT2D eigenvalue weighted by molar-refractivity contribution is 7.89. The number of nitrogens with zero attached hydrogens (tertiary/aromatic N) is 1. The van der Waals surface area contributed by atoms with E-state index < -0.39 is 10.0 Å². The Morgan fingerprint density at radius 2 is 1.95 bits per heavy atom. The molecule has 1 atom stereocenters. The Balaban J connectivity index is 2.14. The van der Waals surface area contributed by atoms with Gasteiger partial charge in [0.05, 0.1) is 11.0 Å². The van der Waals surface area contributed by atoms with Crippen molar-refractivity contribution >= 4 is 15.7 Å². The number of anilines is 1. The van der Waals surface area contributed by atoms with Gasteiger partial charge in [-0.1, -0.05) is 0 Å². The lowest BCUT2D eigenvalue weighted by Crippen LogP contribution is -2.30. The number of benzene rings is 1. The summed E-state index contributed by atoms with van der Waals surface area (Å²) in [6.07, 6.45) is 0.473. The Hall–Kier alpha value is -1.11. The molecule has 1 fully saturated rings. The zero-order chi connectivity index (χ0) is 14.0. The SMILES string of the molecule is CC(C)NS(=O)(=O)c1ccc(N2CC[C@@H](O)C2)cc1. The summed E-state index contributed by atoms with van der Waals surface area (Å²) in [5, 5.41) is 9.50. The number of aliphatic hydroxyl groups excluding tert-OH is 1. The minimum atomic E-state index is -3.43. The zero-order valence-electron chi connectivity index (χ0n) is 11.2. The van der Waals surface area contributed by atoms with Gasteiger partial charge >= 0.3 is 0 Å². The Morgan fingerprint density at radius 3 is 2.42 bits per heavy atom. The Bertz CT molecular complexity index is 525. The normalized spacial score (nSPS) is 20.2. The summed E-state index contributed by atoms with van der Waals surface area (Å²) in [7, 11) is -3.43. The maximum Gasteiger partial charge on any atom is 0.240 e. The van der Waals surface area contributed by atoms with Gasteiger partial charge in [-0.2, -0.15) is 0 Å². The van der Waals surface area contributed by atoms with E-state index in [-0.39, 0.29) is 17.0 Å². The predicted molar refractivity (Wildman–Crippen MR) is 74.7 cm³/mol. The van der Waals surface area contributed by atoms with Crippen molar-refractivity contribution in [3.8, 4) is 0 Å². The van der Waals surface area contributed by atoms with E-state index >= 15 is 0 Å². The number of nitrogens with one attached hydrogen (secondary N) is 1. The van der Waals surface area contributed by atoms with E-state index in [4.69, 9.17) is 0 Å². The first kappa shape index (κ1) is 14.3. The molecule has 106 valence electrons. The van der Waals surface area contributed by atoms with Crippen LogP contribution in [0.3, 0.4) is 0 Å². The van der Waals surface area contributed by atoms with Gasteiger partial charge in [0.15, 0.2) is 0 Å². The largest absolute Gasteiger partial charge is 0.391 e. The van der Waals surface area contributed by atoms with Crippen LogP contribution < -0.4 is 9.62 Å². The molecule has 2 N–H and O–H groups in total. The molecule has 1 aromatic rings. The smallest absolute Gasteiger partial charge is 0.240 e. The van der Waals surface area contributed by atoms with E-state index in [1.807, 2.05) is 0 Å². The van der Waals surface area contributed by atoms with Crippen LogP contribution in [0, 0.1) is 0 Å². The number of hydrogen-bond donors (Lipinski definition) is 2. The van der Waals surface area contributed by atoms with E-state index in [0.29, 0.717) is 6.54 Å². The fraction of sp³-hybridized carbons (Fsp3) is 0.538. The minimum Gasteiger partial charge on any atom is -0.391 e. The van der Waals surface area contributed by atoms with Crippen LogP contribution in [0.2, 0.25) is 0 Å². The van der Waals surface area contributed by atoms with Gasteiger partial charge < -0.3 is 10.0 Å². The van der Waals surface area contributed by atoms with Gasteiger partial charge in [-0.15, -0.1) is 0 Å². The molecule has 0 amide bonds. The van der Waals surface area contributed by atoms with Crippen LogP contribution in [-0.2, 0) is 10.0 Å². The van der Waals surface area contributed by atoms with Gasteiger partial charge in [0, 0.05) is 24.8 Å². The van der Waals surface area contributed by atoms with Crippen LogP contribution in [0.15, 0.2) is 29.2 Å². The van der Waals surface area contributed by atoms with E-state index in [9.17, 15) is 13.5 Å². The van der Waals surface area contributed by atoms with Gasteiger partial charge in [0.2, 0.25) is 10.0 Å². The first-order chi connectivity index (χ1) is 8.88. The number of β-amino-alcohol motifs (C(OH)–C–C–N with tert-alkyl or cyclic N) is 1. The molecule has 2 rings (SSSR count). The molecule has 0 unspecified atom stereocenters. The molecule has 0 aliphatic carbocycles. The highest BCUT2D eigenvalue weighted by Gasteiger charge is 2.21. The van der Waals surface area contributed by atoms with Crippen molar-refractivity contribution in [3.05, 3.63) is 24.3 Å². The van der Waals surface area contributed by atoms with Gasteiger partial charge in [0.1, 0.15) is 0 Å². The average Bonchev–Trinajstić information content (AvgIpc) is 2.74. The number of hydrogen-bond acceptors (Lipinski definition) is 4. The first-order valence-corrected chi connectivity index (χ1v) is 7.92. The van der Waals surface area contributed by atoms with Crippen LogP contribution in [0.25, 0.3) is 0 Å². The van der Waals surface area contributed by atoms with Crippen LogP contribution in [0.4, 0.5) is 5.69 Å². The van der Waals surface area contributed by atoms with Crippen molar-refractivity contribution in [1.29, 1.82) is 0 Å². The molecule has 19 heavy (non-hydrogen) atoms. The molecule has 0 bridgehead atoms. The molecule has 0 aromatic heterocycles. The van der Waals surface area contributed by atoms with E-state index in [1.165, 1.54) is 0 Å². The Kier molecular flexibility index (Phi) is 4.13. The molecule has 1 heterocycles. The highest BCUT2D eigenvalue weighted by Crippen LogP contribution is 2.22. The number of aliphatic hydroxyl groups is 1. The minimum absolute atomic E-state index is 0.126. The monoisotopic (exact) mass is 284 g/mol. The van der Waals surface area contributed by atoms with Crippen molar-refractivity contribution in [2.45, 2.75) is 37.3 Å². The molecule has 1 aliphatic heterocycles. The van der Waals surface area contributed by atoms with E-state index in [2.05, 4.69) is 9.62 Å². The Labute approximate surface area is 114 Å². The second kappa shape index (κ2) is 5.48. The van der Waals surface area contributed by atoms with Crippen LogP contribution in [-0.4, -0.2) is 38.8 Å². The van der Waals surface area contributed by atoms with Gasteiger partial charge in [-0.25, -0.2) is 13.1 Å². The zero-order valence-corrected chi connectivity index (χ0v) is 12.0. The third-order valence-electron chi connectivity index (χ3n) is 3.07. The average molecular weight is 284 g/mol. The quantitative estimate of drug-likeness (QED) is 0.863. The van der Waals surface area contributed by atoms with Crippen LogP contribution in [0.1, 0.15) is 20.3 Å². The fourth-order valence-electron chi connectivity index (χ4n) is 2.19. The lowest BCUT2D eigenvalue weighted by Gasteiger charge is -2.18. The molecule has 0 radical (unpaired) electrons. The van der Waals surface area contributed by atoms with Crippen LogP contribution in [0.5, 0.6) is 0 Å². The predicted octanol–water partition coefficient (Wildman–Crippen LogP) is 0.944. The standard InChI is InChI=1S/C13H20N2O3S/c1-10(2)14-19(17,18)13-5-3-11(4-6-13)15-8-7-12(16)9-15/h3-6,10,12,14,16H,7-9H2,1-2H3/t12-/m1/s1. The van der Waals surface area contributed by atoms with Gasteiger partial charge in [-0.3, -0.25) is 0 Å².